The summed E-state index contributed by atoms with van der Waals surface area (Å²) in [6, 6.07) is 22.6. The Morgan fingerprint density at radius 3 is 2.46 bits per heavy atom. The van der Waals surface area contributed by atoms with Crippen molar-refractivity contribution in [3.05, 3.63) is 106 Å². The number of nitro benzene ring substituents is 1. The van der Waals surface area contributed by atoms with E-state index in [-0.39, 0.29) is 11.3 Å². The van der Waals surface area contributed by atoms with Crippen molar-refractivity contribution in [2.24, 2.45) is 5.10 Å². The number of para-hydroxylation sites is 1. The van der Waals surface area contributed by atoms with Crippen LogP contribution in [0.5, 0.6) is 5.75 Å². The van der Waals surface area contributed by atoms with E-state index in [0.29, 0.717) is 17.9 Å². The summed E-state index contributed by atoms with van der Waals surface area (Å²) >= 11 is 0. The Balaban J connectivity index is 1.57. The van der Waals surface area contributed by atoms with Gasteiger partial charge in [0, 0.05) is 35.0 Å². The molecule has 1 heterocycles. The first kappa shape index (κ1) is 23.4. The maximum Gasteiger partial charge on any atom is 0.271 e. The zero-order valence-electron chi connectivity index (χ0n) is 19.0. The summed E-state index contributed by atoms with van der Waals surface area (Å²) < 4.78 is 7.41. The number of carbonyl (C=O) groups excluding carboxylic acids is 1. The molecule has 3 aromatic carbocycles. The van der Waals surface area contributed by atoms with Gasteiger partial charge >= 0.3 is 0 Å². The van der Waals surface area contributed by atoms with Crippen LogP contribution >= 0.6 is 0 Å². The highest BCUT2D eigenvalue weighted by molar-refractivity contribution is 5.95. The largest absolute Gasteiger partial charge is 0.494 e. The van der Waals surface area contributed by atoms with Crippen molar-refractivity contribution in [2.75, 3.05) is 6.61 Å². The molecule has 35 heavy (non-hydrogen) atoms. The van der Waals surface area contributed by atoms with Crippen molar-refractivity contribution in [2.45, 2.75) is 13.3 Å². The number of nitrogens with one attached hydrogen (secondary N) is 1. The molecule has 9 nitrogen and oxygen atoms in total. The van der Waals surface area contributed by atoms with Gasteiger partial charge in [0.2, 0.25) is 0 Å². The number of rotatable bonds is 9. The van der Waals surface area contributed by atoms with E-state index in [2.05, 4.69) is 17.5 Å². The molecule has 9 heteroatoms. The number of nitro groups is 1. The highest BCUT2D eigenvalue weighted by Gasteiger charge is 2.12. The first-order chi connectivity index (χ1) is 17.0. The van der Waals surface area contributed by atoms with Gasteiger partial charge in [0.25, 0.3) is 11.6 Å². The van der Waals surface area contributed by atoms with Crippen molar-refractivity contribution in [1.82, 2.24) is 15.2 Å². The lowest BCUT2D eigenvalue weighted by Gasteiger charge is -2.05. The van der Waals surface area contributed by atoms with E-state index < -0.39 is 10.8 Å². The van der Waals surface area contributed by atoms with Gasteiger partial charge in [-0.2, -0.15) is 10.2 Å². The second kappa shape index (κ2) is 10.9. The molecule has 0 bridgehead atoms. The van der Waals surface area contributed by atoms with Crippen molar-refractivity contribution in [1.29, 1.82) is 0 Å². The smallest absolute Gasteiger partial charge is 0.271 e. The quantitative estimate of drug-likeness (QED) is 0.211. The zero-order chi connectivity index (χ0) is 24.6. The second-order valence-electron chi connectivity index (χ2n) is 7.59. The highest BCUT2D eigenvalue weighted by atomic mass is 16.6. The number of non-ortho nitro benzene ring substituents is 1. The number of benzene rings is 3. The molecule has 0 aliphatic carbocycles. The van der Waals surface area contributed by atoms with Crippen molar-refractivity contribution >= 4 is 17.8 Å². The number of nitrogens with zero attached hydrogens (tertiary/aromatic N) is 4. The molecule has 1 amide bonds. The molecule has 4 rings (SSSR count). The van der Waals surface area contributed by atoms with Crippen LogP contribution in [0, 0.1) is 10.1 Å². The van der Waals surface area contributed by atoms with Gasteiger partial charge in [0.1, 0.15) is 11.4 Å². The average molecular weight is 470 g/mol. The lowest BCUT2D eigenvalue weighted by Crippen LogP contribution is -2.17. The average Bonchev–Trinajstić information content (AvgIpc) is 3.32. The summed E-state index contributed by atoms with van der Waals surface area (Å²) in [6.07, 6.45) is 4.27. The summed E-state index contributed by atoms with van der Waals surface area (Å²) in [4.78, 5) is 22.7. The molecule has 176 valence electrons. The Morgan fingerprint density at radius 2 is 1.80 bits per heavy atom. The normalized spacial score (nSPS) is 10.9. The third kappa shape index (κ3) is 5.77. The number of amides is 1. The number of hydrogen-bond acceptors (Lipinski definition) is 6. The van der Waals surface area contributed by atoms with Crippen LogP contribution in [0.2, 0.25) is 0 Å². The molecule has 0 spiro atoms. The SMILES string of the molecule is CCCOc1ccc(-c2nn(-c3ccccc3)cc2/C=N\NC(=O)c2ccc([N+](=O)[O-])cc2)cc1. The first-order valence-electron chi connectivity index (χ1n) is 11.0. The van der Waals surface area contributed by atoms with Crippen LogP contribution in [-0.4, -0.2) is 33.4 Å². The molecule has 0 unspecified atom stereocenters. The fraction of sp³-hybridized carbons (Fsp3) is 0.115. The standard InChI is InChI=1S/C26H23N5O4/c1-2-16-35-24-14-10-19(11-15-24)25-21(18-30(29-25)22-6-4-3-5-7-22)17-27-28-26(32)20-8-12-23(13-9-20)31(33)34/h3-15,17-18H,2,16H2,1H3,(H,28,32)/b27-17-. The minimum absolute atomic E-state index is 0.0888. The fourth-order valence-corrected chi connectivity index (χ4v) is 3.31. The minimum atomic E-state index is -0.520. The molecular weight excluding hydrogens is 446 g/mol. The maximum absolute atomic E-state index is 12.4. The molecule has 0 saturated heterocycles. The van der Waals surface area contributed by atoms with Crippen LogP contribution in [0.1, 0.15) is 29.3 Å². The van der Waals surface area contributed by atoms with Gasteiger partial charge in [-0.05, 0) is 55.0 Å². The van der Waals surface area contributed by atoms with E-state index in [1.807, 2.05) is 60.8 Å². The summed E-state index contributed by atoms with van der Waals surface area (Å²) in [5.74, 6) is 0.300. The molecule has 0 radical (unpaired) electrons. The van der Waals surface area contributed by atoms with E-state index in [0.717, 1.165) is 23.4 Å². The minimum Gasteiger partial charge on any atom is -0.494 e. The molecule has 1 N–H and O–H groups in total. The van der Waals surface area contributed by atoms with E-state index in [1.54, 1.807) is 4.68 Å². The second-order valence-corrected chi connectivity index (χ2v) is 7.59. The molecule has 0 atom stereocenters. The molecule has 0 fully saturated rings. The summed E-state index contributed by atoms with van der Waals surface area (Å²) in [7, 11) is 0. The van der Waals surface area contributed by atoms with E-state index in [9.17, 15) is 14.9 Å². The lowest BCUT2D eigenvalue weighted by molar-refractivity contribution is -0.384. The maximum atomic E-state index is 12.4. The highest BCUT2D eigenvalue weighted by Crippen LogP contribution is 2.25. The summed E-state index contributed by atoms with van der Waals surface area (Å²) in [5, 5.41) is 19.6. The van der Waals surface area contributed by atoms with Crippen LogP contribution in [0.25, 0.3) is 16.9 Å². The molecular formula is C26H23N5O4. The van der Waals surface area contributed by atoms with Gasteiger partial charge in [0.05, 0.1) is 23.4 Å². The number of hydrazone groups is 1. The molecule has 0 aliphatic heterocycles. The molecule has 0 aliphatic rings. The van der Waals surface area contributed by atoms with E-state index >= 15 is 0 Å². The molecule has 1 aromatic heterocycles. The van der Waals surface area contributed by atoms with Crippen molar-refractivity contribution in [3.8, 4) is 22.7 Å². The summed E-state index contributed by atoms with van der Waals surface area (Å²) in [6.45, 7) is 2.70. The van der Waals surface area contributed by atoms with Gasteiger partial charge in [0.15, 0.2) is 0 Å². The number of hydrogen-bond donors (Lipinski definition) is 1. The van der Waals surface area contributed by atoms with Crippen LogP contribution < -0.4 is 10.2 Å². The topological polar surface area (TPSA) is 112 Å². The van der Waals surface area contributed by atoms with Crippen LogP contribution in [0.3, 0.4) is 0 Å². The van der Waals surface area contributed by atoms with E-state index in [4.69, 9.17) is 9.84 Å². The fourth-order valence-electron chi connectivity index (χ4n) is 3.31. The van der Waals surface area contributed by atoms with E-state index in [1.165, 1.54) is 30.5 Å². The molecule has 4 aromatic rings. The Labute approximate surface area is 201 Å². The number of ether oxygens (including phenoxy) is 1. The van der Waals surface area contributed by atoms with Gasteiger partial charge in [-0.25, -0.2) is 10.1 Å². The predicted molar refractivity (Wildman–Crippen MR) is 133 cm³/mol. The zero-order valence-corrected chi connectivity index (χ0v) is 19.0. The van der Waals surface area contributed by atoms with Crippen LogP contribution in [-0.2, 0) is 0 Å². The Hall–Kier alpha value is -4.79. The number of aromatic nitrogens is 2. The third-order valence-electron chi connectivity index (χ3n) is 5.07. The monoisotopic (exact) mass is 469 g/mol. The third-order valence-corrected chi connectivity index (χ3v) is 5.07. The lowest BCUT2D eigenvalue weighted by atomic mass is 10.1. The Bertz CT molecular complexity index is 1330. The summed E-state index contributed by atoms with van der Waals surface area (Å²) in [5.41, 5.74) is 5.76. The molecule has 0 saturated carbocycles. The van der Waals surface area contributed by atoms with Gasteiger partial charge in [-0.3, -0.25) is 14.9 Å². The van der Waals surface area contributed by atoms with Crippen molar-refractivity contribution in [3.63, 3.8) is 0 Å². The first-order valence-corrected chi connectivity index (χ1v) is 11.0. The van der Waals surface area contributed by atoms with Crippen LogP contribution in [0.15, 0.2) is 90.2 Å². The Morgan fingerprint density at radius 1 is 1.09 bits per heavy atom. The number of carbonyl (C=O) groups is 1. The van der Waals surface area contributed by atoms with Gasteiger partial charge in [-0.15, -0.1) is 0 Å². The van der Waals surface area contributed by atoms with Gasteiger partial charge in [-0.1, -0.05) is 25.1 Å². The van der Waals surface area contributed by atoms with Crippen molar-refractivity contribution < 1.29 is 14.5 Å². The predicted octanol–water partition coefficient (Wildman–Crippen LogP) is 5.00. The van der Waals surface area contributed by atoms with Crippen LogP contribution in [0.4, 0.5) is 5.69 Å². The van der Waals surface area contributed by atoms with Gasteiger partial charge < -0.3 is 4.74 Å². The Kier molecular flexibility index (Phi) is 7.27.